The van der Waals surface area contributed by atoms with Gasteiger partial charge in [-0.05, 0) is 31.4 Å². The summed E-state index contributed by atoms with van der Waals surface area (Å²) in [6, 6.07) is 13.3. The first-order chi connectivity index (χ1) is 8.15. The van der Waals surface area contributed by atoms with Gasteiger partial charge in [-0.3, -0.25) is 0 Å². The molecule has 90 valence electrons. The van der Waals surface area contributed by atoms with Crippen molar-refractivity contribution in [3.8, 4) is 0 Å². The van der Waals surface area contributed by atoms with Crippen LogP contribution in [0, 0.1) is 0 Å². The average molecular weight is 228 g/mol. The largest absolute Gasteiger partial charge is 0.388 e. The molecule has 17 heavy (non-hydrogen) atoms. The molecule has 0 aliphatic heterocycles. The molecule has 0 aliphatic carbocycles. The summed E-state index contributed by atoms with van der Waals surface area (Å²) in [4.78, 5) is 2.31. The lowest BCUT2D eigenvalue weighted by Gasteiger charge is -2.26. The lowest BCUT2D eigenvalue weighted by atomic mass is 10.1. The minimum atomic E-state index is 0.491. The molecule has 2 rings (SSSR count). The third kappa shape index (κ3) is 2.07. The van der Waals surface area contributed by atoms with Crippen LogP contribution in [0.2, 0.25) is 0 Å². The first-order valence-electron chi connectivity index (χ1n) is 6.07. The Hall–Kier alpha value is -1.70. The van der Waals surface area contributed by atoms with Crippen LogP contribution in [0.25, 0.3) is 10.8 Å². The van der Waals surface area contributed by atoms with Crippen molar-refractivity contribution >= 4 is 22.1 Å². The minimum absolute atomic E-state index is 0.491. The molecule has 0 saturated heterocycles. The average Bonchev–Trinajstić information content (AvgIpc) is 2.36. The second-order valence-corrected chi connectivity index (χ2v) is 4.64. The maximum Gasteiger partial charge on any atom is 0.0466 e. The van der Waals surface area contributed by atoms with Gasteiger partial charge in [-0.1, -0.05) is 24.3 Å². The summed E-state index contributed by atoms with van der Waals surface area (Å²) >= 11 is 0. The van der Waals surface area contributed by atoms with Crippen LogP contribution in [0.4, 0.5) is 11.4 Å². The summed E-state index contributed by atoms with van der Waals surface area (Å²) in [5.74, 6) is 0. The second-order valence-electron chi connectivity index (χ2n) is 4.64. The number of rotatable bonds is 3. The van der Waals surface area contributed by atoms with Gasteiger partial charge < -0.3 is 10.2 Å². The minimum Gasteiger partial charge on any atom is -0.388 e. The van der Waals surface area contributed by atoms with Crippen LogP contribution in [-0.2, 0) is 0 Å². The van der Waals surface area contributed by atoms with Crippen molar-refractivity contribution in [2.75, 3.05) is 24.3 Å². The lowest BCUT2D eigenvalue weighted by molar-refractivity contribution is 0.757. The molecular weight excluding hydrogens is 208 g/mol. The Morgan fingerprint density at radius 3 is 2.29 bits per heavy atom. The van der Waals surface area contributed by atoms with Crippen LogP contribution in [0.3, 0.4) is 0 Å². The van der Waals surface area contributed by atoms with Gasteiger partial charge in [-0.15, -0.1) is 0 Å². The summed E-state index contributed by atoms with van der Waals surface area (Å²) in [6.07, 6.45) is 0. The van der Waals surface area contributed by atoms with Crippen molar-refractivity contribution < 1.29 is 0 Å². The second kappa shape index (κ2) is 4.66. The van der Waals surface area contributed by atoms with Gasteiger partial charge in [-0.2, -0.15) is 0 Å². The van der Waals surface area contributed by atoms with Gasteiger partial charge in [0.1, 0.15) is 0 Å². The summed E-state index contributed by atoms with van der Waals surface area (Å²) in [6.45, 7) is 4.42. The predicted octanol–water partition coefficient (Wildman–Crippen LogP) is 3.73. The van der Waals surface area contributed by atoms with E-state index in [9.17, 15) is 0 Å². The van der Waals surface area contributed by atoms with Gasteiger partial charge in [-0.25, -0.2) is 0 Å². The molecule has 0 radical (unpaired) electrons. The topological polar surface area (TPSA) is 15.3 Å². The summed E-state index contributed by atoms with van der Waals surface area (Å²) in [7, 11) is 4.12. The molecule has 0 bridgehead atoms. The number of anilines is 2. The first-order valence-corrected chi connectivity index (χ1v) is 6.07. The third-order valence-electron chi connectivity index (χ3n) is 3.31. The number of nitrogens with zero attached hydrogens (tertiary/aromatic N) is 1. The van der Waals surface area contributed by atoms with Gasteiger partial charge in [0.25, 0.3) is 0 Å². The molecule has 1 N–H and O–H groups in total. The van der Waals surface area contributed by atoms with Gasteiger partial charge >= 0.3 is 0 Å². The zero-order chi connectivity index (χ0) is 12.4. The van der Waals surface area contributed by atoms with E-state index in [1.165, 1.54) is 22.1 Å². The molecular formula is C15H20N2. The number of hydrogen-bond donors (Lipinski definition) is 1. The standard InChI is InChI=1S/C15H20N2/c1-11(2)17(4)14-10-6-8-12-7-5-9-13(16-3)15(12)14/h5-11,16H,1-4H3. The van der Waals surface area contributed by atoms with Crippen LogP contribution in [0.15, 0.2) is 36.4 Å². The van der Waals surface area contributed by atoms with Crippen LogP contribution >= 0.6 is 0 Å². The fraction of sp³-hybridized carbons (Fsp3) is 0.333. The van der Waals surface area contributed by atoms with Crippen molar-refractivity contribution in [3.05, 3.63) is 36.4 Å². The zero-order valence-electron chi connectivity index (χ0n) is 11.0. The smallest absolute Gasteiger partial charge is 0.0466 e. The molecule has 2 nitrogen and oxygen atoms in total. The van der Waals surface area contributed by atoms with Crippen molar-refractivity contribution in [2.45, 2.75) is 19.9 Å². The molecule has 2 aromatic carbocycles. The molecule has 0 heterocycles. The van der Waals surface area contributed by atoms with Gasteiger partial charge in [0, 0.05) is 36.9 Å². The van der Waals surface area contributed by atoms with E-state index in [2.05, 4.69) is 67.5 Å². The Morgan fingerprint density at radius 1 is 1.06 bits per heavy atom. The maximum absolute atomic E-state index is 3.28. The van der Waals surface area contributed by atoms with E-state index in [-0.39, 0.29) is 0 Å². The highest BCUT2D eigenvalue weighted by Gasteiger charge is 2.11. The molecule has 0 spiro atoms. The molecule has 0 aromatic heterocycles. The first kappa shape index (κ1) is 11.8. The van der Waals surface area contributed by atoms with Gasteiger partial charge in [0.2, 0.25) is 0 Å². The van der Waals surface area contributed by atoms with E-state index in [1.54, 1.807) is 0 Å². The highest BCUT2D eigenvalue weighted by molar-refractivity contribution is 6.03. The van der Waals surface area contributed by atoms with Gasteiger partial charge in [0.15, 0.2) is 0 Å². The van der Waals surface area contributed by atoms with Crippen LogP contribution in [-0.4, -0.2) is 20.1 Å². The molecule has 2 heteroatoms. The Bertz CT molecular complexity index is 512. The molecule has 0 saturated carbocycles. The molecule has 0 atom stereocenters. The summed E-state index contributed by atoms with van der Waals surface area (Å²) < 4.78 is 0. The van der Waals surface area contributed by atoms with E-state index in [4.69, 9.17) is 0 Å². The Balaban J connectivity index is 2.70. The fourth-order valence-corrected chi connectivity index (χ4v) is 2.10. The maximum atomic E-state index is 3.28. The summed E-state index contributed by atoms with van der Waals surface area (Å²) in [5.41, 5.74) is 2.47. The van der Waals surface area contributed by atoms with Gasteiger partial charge in [0.05, 0.1) is 0 Å². The number of fused-ring (bicyclic) bond motifs is 1. The quantitative estimate of drug-likeness (QED) is 0.861. The van der Waals surface area contributed by atoms with E-state index in [0.29, 0.717) is 6.04 Å². The SMILES string of the molecule is CNc1cccc2cccc(N(C)C(C)C)c12. The van der Waals surface area contributed by atoms with Crippen LogP contribution < -0.4 is 10.2 Å². The molecule has 0 amide bonds. The summed E-state index contributed by atoms with van der Waals surface area (Å²) in [5, 5.41) is 5.86. The monoisotopic (exact) mass is 228 g/mol. The highest BCUT2D eigenvalue weighted by atomic mass is 15.1. The Labute approximate surface area is 103 Å². The molecule has 2 aromatic rings. The van der Waals surface area contributed by atoms with Crippen LogP contribution in [0.5, 0.6) is 0 Å². The molecule has 0 fully saturated rings. The van der Waals surface area contributed by atoms with Crippen molar-refractivity contribution in [3.63, 3.8) is 0 Å². The van der Waals surface area contributed by atoms with Crippen LogP contribution in [0.1, 0.15) is 13.8 Å². The number of hydrogen-bond acceptors (Lipinski definition) is 2. The number of nitrogens with one attached hydrogen (secondary N) is 1. The molecule has 0 unspecified atom stereocenters. The Kier molecular flexibility index (Phi) is 3.23. The highest BCUT2D eigenvalue weighted by Crippen LogP contribution is 2.33. The normalized spacial score (nSPS) is 10.9. The molecule has 0 aliphatic rings. The van der Waals surface area contributed by atoms with E-state index >= 15 is 0 Å². The van der Waals surface area contributed by atoms with E-state index in [0.717, 1.165) is 0 Å². The third-order valence-corrected chi connectivity index (χ3v) is 3.31. The van der Waals surface area contributed by atoms with Crippen molar-refractivity contribution in [1.82, 2.24) is 0 Å². The van der Waals surface area contributed by atoms with E-state index < -0.39 is 0 Å². The van der Waals surface area contributed by atoms with Crippen molar-refractivity contribution in [1.29, 1.82) is 0 Å². The fourth-order valence-electron chi connectivity index (χ4n) is 2.10. The number of benzene rings is 2. The zero-order valence-corrected chi connectivity index (χ0v) is 11.0. The lowest BCUT2D eigenvalue weighted by Crippen LogP contribution is -2.25. The Morgan fingerprint density at radius 2 is 1.71 bits per heavy atom. The predicted molar refractivity (Wildman–Crippen MR) is 77.0 cm³/mol. The van der Waals surface area contributed by atoms with Crippen molar-refractivity contribution in [2.24, 2.45) is 0 Å². The van der Waals surface area contributed by atoms with E-state index in [1.807, 2.05) is 7.05 Å².